The van der Waals surface area contributed by atoms with Crippen LogP contribution in [0.1, 0.15) is 52.9 Å². The summed E-state index contributed by atoms with van der Waals surface area (Å²) in [5.74, 6) is 2.99. The van der Waals surface area contributed by atoms with Crippen molar-refractivity contribution in [2.75, 3.05) is 25.4 Å². The van der Waals surface area contributed by atoms with Crippen molar-refractivity contribution in [3.63, 3.8) is 0 Å². The van der Waals surface area contributed by atoms with Crippen LogP contribution in [0.3, 0.4) is 0 Å². The molecule has 0 aromatic carbocycles. The predicted molar refractivity (Wildman–Crippen MR) is 86.7 cm³/mol. The average molecular weight is 285 g/mol. The summed E-state index contributed by atoms with van der Waals surface area (Å²) in [6, 6.07) is 0. The number of nitrogens with two attached hydrogens (primary N) is 1. The van der Waals surface area contributed by atoms with Crippen molar-refractivity contribution >= 4 is 11.8 Å². The molecular weight excluding hydrogens is 252 g/mol. The molecule has 0 aromatic heterocycles. The van der Waals surface area contributed by atoms with Gasteiger partial charge < -0.3 is 5.73 Å². The molecule has 2 N–H and O–H groups in total. The summed E-state index contributed by atoms with van der Waals surface area (Å²) in [7, 11) is 0. The van der Waals surface area contributed by atoms with Crippen molar-refractivity contribution in [1.29, 1.82) is 0 Å². The fourth-order valence-electron chi connectivity index (χ4n) is 3.95. The Kier molecular flexibility index (Phi) is 5.62. The zero-order valence-electron chi connectivity index (χ0n) is 13.0. The molecule has 19 heavy (non-hydrogen) atoms. The molecule has 3 unspecified atom stereocenters. The molecule has 2 aliphatic rings. The van der Waals surface area contributed by atoms with E-state index in [0.29, 0.717) is 5.54 Å². The third-order valence-electron chi connectivity index (χ3n) is 5.45. The van der Waals surface area contributed by atoms with E-state index < -0.39 is 0 Å². The smallest absolute Gasteiger partial charge is 0.0335 e. The SMILES string of the molecule is CCC1CN(C2(CN)CCCC(C(C)C)C2)CCS1. The van der Waals surface area contributed by atoms with E-state index in [4.69, 9.17) is 5.73 Å². The maximum Gasteiger partial charge on any atom is 0.0335 e. The fraction of sp³-hybridized carbons (Fsp3) is 1.00. The molecule has 0 spiro atoms. The lowest BCUT2D eigenvalue weighted by molar-refractivity contribution is 0.0276. The van der Waals surface area contributed by atoms with Gasteiger partial charge >= 0.3 is 0 Å². The van der Waals surface area contributed by atoms with E-state index in [0.717, 1.165) is 23.6 Å². The lowest BCUT2D eigenvalue weighted by atomic mass is 9.70. The average Bonchev–Trinajstić information content (AvgIpc) is 2.47. The second-order valence-corrected chi connectivity index (χ2v) is 8.28. The first-order valence-electron chi connectivity index (χ1n) is 8.18. The van der Waals surface area contributed by atoms with E-state index >= 15 is 0 Å². The number of nitrogens with zero attached hydrogens (tertiary/aromatic N) is 1. The van der Waals surface area contributed by atoms with E-state index in [1.807, 2.05) is 0 Å². The summed E-state index contributed by atoms with van der Waals surface area (Å²) >= 11 is 2.16. The van der Waals surface area contributed by atoms with E-state index in [9.17, 15) is 0 Å². The van der Waals surface area contributed by atoms with Gasteiger partial charge in [-0.1, -0.05) is 33.6 Å². The highest BCUT2D eigenvalue weighted by Crippen LogP contribution is 2.41. The summed E-state index contributed by atoms with van der Waals surface area (Å²) in [5, 5.41) is 0.830. The van der Waals surface area contributed by atoms with E-state index in [1.165, 1.54) is 50.9 Å². The summed E-state index contributed by atoms with van der Waals surface area (Å²) in [6.07, 6.45) is 6.76. The number of thioether (sulfide) groups is 1. The van der Waals surface area contributed by atoms with Gasteiger partial charge in [0.1, 0.15) is 0 Å². The highest BCUT2D eigenvalue weighted by molar-refractivity contribution is 8.00. The van der Waals surface area contributed by atoms with Crippen LogP contribution < -0.4 is 5.73 Å². The lowest BCUT2D eigenvalue weighted by Crippen LogP contribution is -2.60. The molecule has 3 atom stereocenters. The molecular formula is C16H32N2S. The zero-order chi connectivity index (χ0) is 13.9. The van der Waals surface area contributed by atoms with Crippen molar-refractivity contribution < 1.29 is 0 Å². The minimum atomic E-state index is 0.321. The minimum absolute atomic E-state index is 0.321. The van der Waals surface area contributed by atoms with E-state index in [1.54, 1.807) is 0 Å². The van der Waals surface area contributed by atoms with Crippen LogP contribution in [0.15, 0.2) is 0 Å². The maximum absolute atomic E-state index is 6.27. The van der Waals surface area contributed by atoms with Gasteiger partial charge in [-0.05, 0) is 31.1 Å². The number of hydrogen-bond acceptors (Lipinski definition) is 3. The highest BCUT2D eigenvalue weighted by atomic mass is 32.2. The molecule has 0 bridgehead atoms. The molecule has 2 rings (SSSR count). The van der Waals surface area contributed by atoms with Gasteiger partial charge in [0.25, 0.3) is 0 Å². The molecule has 1 saturated carbocycles. The van der Waals surface area contributed by atoms with E-state index in [-0.39, 0.29) is 0 Å². The quantitative estimate of drug-likeness (QED) is 0.858. The Bertz CT molecular complexity index is 282. The summed E-state index contributed by atoms with van der Waals surface area (Å²) in [5.41, 5.74) is 6.59. The van der Waals surface area contributed by atoms with Gasteiger partial charge in [-0.2, -0.15) is 11.8 Å². The Balaban J connectivity index is 2.08. The van der Waals surface area contributed by atoms with Gasteiger partial charge in [-0.15, -0.1) is 0 Å². The second-order valence-electron chi connectivity index (χ2n) is 6.88. The Morgan fingerprint density at radius 2 is 2.21 bits per heavy atom. The van der Waals surface area contributed by atoms with Crippen LogP contribution in [0.2, 0.25) is 0 Å². The Morgan fingerprint density at radius 1 is 1.42 bits per heavy atom. The van der Waals surface area contributed by atoms with Crippen molar-refractivity contribution in [3.05, 3.63) is 0 Å². The van der Waals surface area contributed by atoms with Crippen LogP contribution in [-0.4, -0.2) is 41.1 Å². The first kappa shape index (κ1) is 15.7. The largest absolute Gasteiger partial charge is 0.329 e. The summed E-state index contributed by atoms with van der Waals surface area (Å²) in [4.78, 5) is 2.77. The molecule has 2 fully saturated rings. The predicted octanol–water partition coefficient (Wildman–Crippen LogP) is 3.36. The second kappa shape index (κ2) is 6.82. The molecule has 1 aliphatic heterocycles. The van der Waals surface area contributed by atoms with Gasteiger partial charge in [0.2, 0.25) is 0 Å². The third-order valence-corrected chi connectivity index (χ3v) is 6.82. The molecule has 112 valence electrons. The van der Waals surface area contributed by atoms with Crippen LogP contribution in [0.25, 0.3) is 0 Å². The van der Waals surface area contributed by atoms with Crippen molar-refractivity contribution in [3.8, 4) is 0 Å². The topological polar surface area (TPSA) is 29.3 Å². The molecule has 1 saturated heterocycles. The Morgan fingerprint density at radius 3 is 2.84 bits per heavy atom. The normalized spacial score (nSPS) is 37.7. The molecule has 3 heteroatoms. The molecule has 0 radical (unpaired) electrons. The lowest BCUT2D eigenvalue weighted by Gasteiger charge is -2.51. The van der Waals surface area contributed by atoms with Gasteiger partial charge in [0.05, 0.1) is 0 Å². The Labute approximate surface area is 123 Å². The number of hydrogen-bond donors (Lipinski definition) is 1. The van der Waals surface area contributed by atoms with Crippen molar-refractivity contribution in [2.45, 2.75) is 63.7 Å². The van der Waals surface area contributed by atoms with Crippen molar-refractivity contribution in [1.82, 2.24) is 4.90 Å². The zero-order valence-corrected chi connectivity index (χ0v) is 13.8. The third kappa shape index (κ3) is 3.48. The molecule has 1 aliphatic carbocycles. The molecule has 0 aromatic rings. The summed E-state index contributed by atoms with van der Waals surface area (Å²) < 4.78 is 0. The van der Waals surface area contributed by atoms with E-state index in [2.05, 4.69) is 37.4 Å². The first-order valence-corrected chi connectivity index (χ1v) is 9.23. The van der Waals surface area contributed by atoms with Crippen LogP contribution in [0.5, 0.6) is 0 Å². The van der Waals surface area contributed by atoms with Gasteiger partial charge in [0.15, 0.2) is 0 Å². The van der Waals surface area contributed by atoms with Crippen LogP contribution in [-0.2, 0) is 0 Å². The van der Waals surface area contributed by atoms with Crippen molar-refractivity contribution in [2.24, 2.45) is 17.6 Å². The van der Waals surface area contributed by atoms with Gasteiger partial charge in [0, 0.05) is 36.2 Å². The van der Waals surface area contributed by atoms with Gasteiger partial charge in [-0.25, -0.2) is 0 Å². The van der Waals surface area contributed by atoms with Crippen LogP contribution in [0, 0.1) is 11.8 Å². The van der Waals surface area contributed by atoms with Gasteiger partial charge in [-0.3, -0.25) is 4.90 Å². The standard InChI is InChI=1S/C16H32N2S/c1-4-15-11-18(8-9-19-15)16(12-17)7-5-6-14(10-16)13(2)3/h13-15H,4-12,17H2,1-3H3. The maximum atomic E-state index is 6.27. The summed E-state index contributed by atoms with van der Waals surface area (Å²) in [6.45, 7) is 10.5. The Hall–Kier alpha value is 0.270. The number of rotatable bonds is 4. The molecule has 0 amide bonds. The molecule has 1 heterocycles. The first-order chi connectivity index (χ1) is 9.11. The monoisotopic (exact) mass is 284 g/mol. The highest BCUT2D eigenvalue weighted by Gasteiger charge is 2.42. The van der Waals surface area contributed by atoms with Crippen LogP contribution >= 0.6 is 11.8 Å². The minimum Gasteiger partial charge on any atom is -0.329 e. The van der Waals surface area contributed by atoms with Crippen LogP contribution in [0.4, 0.5) is 0 Å². The molecule has 2 nitrogen and oxygen atoms in total. The fourth-order valence-corrected chi connectivity index (χ4v) is 5.13.